The molecule has 1 atom stereocenters. The number of ether oxygens (including phenoxy) is 3. The van der Waals surface area contributed by atoms with Crippen LogP contribution in [0.5, 0.6) is 11.5 Å². The average Bonchev–Trinajstić information content (AvgIpc) is 2.70. The minimum absolute atomic E-state index is 0.300. The maximum Gasteiger partial charge on any atom is 0.250 e. The number of ketones is 1. The van der Waals surface area contributed by atoms with Gasteiger partial charge in [-0.05, 0) is 19.1 Å². The van der Waals surface area contributed by atoms with Crippen molar-refractivity contribution in [3.63, 3.8) is 0 Å². The van der Waals surface area contributed by atoms with Crippen LogP contribution >= 0.6 is 0 Å². The number of Topliss-reactive ketones (excluding diaryl/α,β-unsaturated/α-hetero) is 1. The number of aliphatic hydroxyl groups is 1. The molecule has 9 heteroatoms. The molecule has 1 unspecified atom stereocenters. The molecule has 0 fully saturated rings. The molecule has 0 aromatic heterocycles. The fourth-order valence-electron chi connectivity index (χ4n) is 2.24. The van der Waals surface area contributed by atoms with Gasteiger partial charge in [0.2, 0.25) is 27.3 Å². The Morgan fingerprint density at radius 1 is 1.26 bits per heavy atom. The lowest BCUT2D eigenvalue weighted by atomic mass is 9.90. The van der Waals surface area contributed by atoms with E-state index in [9.17, 15) is 18.3 Å². The fourth-order valence-corrected chi connectivity index (χ4v) is 2.71. The Morgan fingerprint density at radius 2 is 1.91 bits per heavy atom. The standard InChI is InChI=1S/C14H17NO7S/c1-14(9-6-5-8(20-2)7-10(9)21-3)12(17)11(16)13(22-14)15-23(4,18)19/h5-7,15-16H,1-4H3. The molecule has 0 radical (unpaired) electrons. The summed E-state index contributed by atoms with van der Waals surface area (Å²) in [5.41, 5.74) is -1.31. The van der Waals surface area contributed by atoms with E-state index in [1.807, 2.05) is 4.72 Å². The Labute approximate surface area is 133 Å². The predicted molar refractivity (Wildman–Crippen MR) is 80.6 cm³/mol. The molecular weight excluding hydrogens is 326 g/mol. The summed E-state index contributed by atoms with van der Waals surface area (Å²) < 4.78 is 40.3. The molecule has 1 aliphatic rings. The normalized spacial score (nSPS) is 21.1. The quantitative estimate of drug-likeness (QED) is 0.813. The number of rotatable bonds is 5. The average molecular weight is 343 g/mol. The van der Waals surface area contributed by atoms with Gasteiger partial charge in [0, 0.05) is 11.6 Å². The van der Waals surface area contributed by atoms with Gasteiger partial charge in [-0.1, -0.05) is 0 Å². The maximum atomic E-state index is 12.4. The van der Waals surface area contributed by atoms with Crippen molar-refractivity contribution in [3.05, 3.63) is 35.4 Å². The number of methoxy groups -OCH3 is 2. The molecule has 1 aliphatic heterocycles. The summed E-state index contributed by atoms with van der Waals surface area (Å²) in [6.45, 7) is 1.41. The summed E-state index contributed by atoms with van der Waals surface area (Å²) in [6, 6.07) is 4.70. The lowest BCUT2D eigenvalue weighted by Crippen LogP contribution is -2.32. The van der Waals surface area contributed by atoms with Crippen molar-refractivity contribution < 1.29 is 32.5 Å². The topological polar surface area (TPSA) is 111 Å². The van der Waals surface area contributed by atoms with Gasteiger partial charge in [-0.25, -0.2) is 8.42 Å². The van der Waals surface area contributed by atoms with Crippen LogP contribution < -0.4 is 14.2 Å². The van der Waals surface area contributed by atoms with Crippen LogP contribution in [0.2, 0.25) is 0 Å². The lowest BCUT2D eigenvalue weighted by molar-refractivity contribution is -0.131. The van der Waals surface area contributed by atoms with Crippen molar-refractivity contribution in [2.45, 2.75) is 12.5 Å². The highest BCUT2D eigenvalue weighted by atomic mass is 32.2. The summed E-state index contributed by atoms with van der Waals surface area (Å²) in [6.07, 6.45) is 0.880. The first kappa shape index (κ1) is 16.9. The molecule has 1 aromatic rings. The molecule has 0 saturated carbocycles. The minimum atomic E-state index is -3.72. The van der Waals surface area contributed by atoms with Crippen LogP contribution in [0.1, 0.15) is 12.5 Å². The molecule has 23 heavy (non-hydrogen) atoms. The Balaban J connectivity index is 2.47. The zero-order valence-corrected chi connectivity index (χ0v) is 13.9. The molecular formula is C14H17NO7S. The van der Waals surface area contributed by atoms with Crippen LogP contribution in [0.25, 0.3) is 0 Å². The Morgan fingerprint density at radius 3 is 2.43 bits per heavy atom. The number of carbonyl (C=O) groups excluding carboxylic acids is 1. The van der Waals surface area contributed by atoms with Crippen LogP contribution in [0.15, 0.2) is 29.8 Å². The number of aliphatic hydroxyl groups excluding tert-OH is 1. The van der Waals surface area contributed by atoms with E-state index in [1.54, 1.807) is 18.2 Å². The Kier molecular flexibility index (Phi) is 4.16. The summed E-state index contributed by atoms with van der Waals surface area (Å²) in [5.74, 6) is -1.29. The molecule has 2 rings (SSSR count). The Hall–Kier alpha value is -2.42. The second kappa shape index (κ2) is 5.65. The van der Waals surface area contributed by atoms with E-state index < -0.39 is 33.0 Å². The van der Waals surface area contributed by atoms with E-state index in [2.05, 4.69) is 0 Å². The molecule has 126 valence electrons. The van der Waals surface area contributed by atoms with Gasteiger partial charge in [0.25, 0.3) is 5.78 Å². The van der Waals surface area contributed by atoms with Gasteiger partial charge in [-0.15, -0.1) is 0 Å². The molecule has 2 N–H and O–H groups in total. The summed E-state index contributed by atoms with van der Waals surface area (Å²) in [5, 5.41) is 9.89. The van der Waals surface area contributed by atoms with Crippen LogP contribution in [0.4, 0.5) is 0 Å². The molecule has 8 nitrogen and oxygen atoms in total. The lowest BCUT2D eigenvalue weighted by Gasteiger charge is -2.25. The van der Waals surface area contributed by atoms with E-state index in [4.69, 9.17) is 14.2 Å². The van der Waals surface area contributed by atoms with Crippen molar-refractivity contribution in [1.29, 1.82) is 0 Å². The third kappa shape index (κ3) is 3.04. The van der Waals surface area contributed by atoms with Gasteiger partial charge >= 0.3 is 0 Å². The van der Waals surface area contributed by atoms with Crippen molar-refractivity contribution in [1.82, 2.24) is 4.72 Å². The smallest absolute Gasteiger partial charge is 0.250 e. The third-order valence-corrected chi connectivity index (χ3v) is 3.93. The second-order valence-corrected chi connectivity index (χ2v) is 6.83. The number of hydrogen-bond donors (Lipinski definition) is 2. The molecule has 0 saturated heterocycles. The van der Waals surface area contributed by atoms with Gasteiger partial charge in [0.05, 0.1) is 20.5 Å². The second-order valence-electron chi connectivity index (χ2n) is 5.08. The van der Waals surface area contributed by atoms with Gasteiger partial charge in [0.1, 0.15) is 11.5 Å². The highest BCUT2D eigenvalue weighted by molar-refractivity contribution is 7.88. The minimum Gasteiger partial charge on any atom is -0.501 e. The van der Waals surface area contributed by atoms with E-state index in [1.165, 1.54) is 21.1 Å². The van der Waals surface area contributed by atoms with Crippen molar-refractivity contribution in [2.24, 2.45) is 0 Å². The first-order chi connectivity index (χ1) is 10.6. The molecule has 1 heterocycles. The van der Waals surface area contributed by atoms with Gasteiger partial charge in [-0.3, -0.25) is 9.52 Å². The van der Waals surface area contributed by atoms with Crippen LogP contribution in [0, 0.1) is 0 Å². The predicted octanol–water partition coefficient (Wildman–Crippen LogP) is 0.795. The zero-order chi connectivity index (χ0) is 17.4. The number of carbonyl (C=O) groups is 1. The van der Waals surface area contributed by atoms with Gasteiger partial charge < -0.3 is 19.3 Å². The van der Waals surface area contributed by atoms with Gasteiger partial charge in [-0.2, -0.15) is 0 Å². The number of hydrogen-bond acceptors (Lipinski definition) is 7. The molecule has 0 aliphatic carbocycles. The van der Waals surface area contributed by atoms with Crippen LogP contribution in [-0.4, -0.2) is 39.8 Å². The van der Waals surface area contributed by atoms with Crippen molar-refractivity contribution >= 4 is 15.8 Å². The van der Waals surface area contributed by atoms with Gasteiger partial charge in [0.15, 0.2) is 0 Å². The van der Waals surface area contributed by atoms with Crippen LogP contribution in [-0.2, 0) is 25.2 Å². The van der Waals surface area contributed by atoms with Crippen molar-refractivity contribution in [3.8, 4) is 11.5 Å². The molecule has 0 bridgehead atoms. The number of nitrogens with one attached hydrogen (secondary N) is 1. The SMILES string of the molecule is COc1ccc(C2(C)OC(NS(C)(=O)=O)=C(O)C2=O)c(OC)c1. The summed E-state index contributed by atoms with van der Waals surface area (Å²) >= 11 is 0. The first-order valence-corrected chi connectivity index (χ1v) is 8.39. The number of benzene rings is 1. The van der Waals surface area contributed by atoms with E-state index >= 15 is 0 Å². The monoisotopic (exact) mass is 343 g/mol. The maximum absolute atomic E-state index is 12.4. The molecule has 0 spiro atoms. The van der Waals surface area contributed by atoms with E-state index in [0.717, 1.165) is 6.26 Å². The van der Waals surface area contributed by atoms with Crippen LogP contribution in [0.3, 0.4) is 0 Å². The summed E-state index contributed by atoms with van der Waals surface area (Å²) in [7, 11) is -0.831. The molecule has 1 aromatic carbocycles. The zero-order valence-electron chi connectivity index (χ0n) is 13.0. The Bertz CT molecular complexity index is 784. The summed E-state index contributed by atoms with van der Waals surface area (Å²) in [4.78, 5) is 12.4. The van der Waals surface area contributed by atoms with Crippen molar-refractivity contribution in [2.75, 3.05) is 20.5 Å². The third-order valence-electron chi connectivity index (χ3n) is 3.37. The van der Waals surface area contributed by atoms with E-state index in [0.29, 0.717) is 17.1 Å². The van der Waals surface area contributed by atoms with E-state index in [-0.39, 0.29) is 0 Å². The fraction of sp³-hybridized carbons (Fsp3) is 0.357. The highest BCUT2D eigenvalue weighted by Gasteiger charge is 2.50. The first-order valence-electron chi connectivity index (χ1n) is 6.49. The number of sulfonamides is 1. The largest absolute Gasteiger partial charge is 0.501 e. The highest BCUT2D eigenvalue weighted by Crippen LogP contribution is 2.42. The molecule has 0 amide bonds.